The van der Waals surface area contributed by atoms with Gasteiger partial charge >= 0.3 is 5.97 Å². The SMILES string of the molecule is COC(=O)C1=CN/C(=C(\C(=N)N)c2ccccn2)N1. The van der Waals surface area contributed by atoms with Crippen LogP contribution in [-0.2, 0) is 9.53 Å². The van der Waals surface area contributed by atoms with Crippen LogP contribution in [0.5, 0.6) is 0 Å². The van der Waals surface area contributed by atoms with E-state index in [1.807, 2.05) is 0 Å². The normalized spacial score (nSPS) is 15.9. The molecule has 0 bridgehead atoms. The molecule has 0 saturated heterocycles. The molecule has 7 heteroatoms. The van der Waals surface area contributed by atoms with Crippen LogP contribution in [0.25, 0.3) is 5.57 Å². The number of pyridine rings is 1. The Morgan fingerprint density at radius 1 is 1.47 bits per heavy atom. The van der Waals surface area contributed by atoms with E-state index in [0.717, 1.165) is 0 Å². The predicted octanol–water partition coefficient (Wildman–Crippen LogP) is -0.107. The number of hydrogen-bond acceptors (Lipinski definition) is 6. The number of amidine groups is 1. The molecule has 0 saturated carbocycles. The first-order valence-electron chi connectivity index (χ1n) is 5.45. The number of esters is 1. The van der Waals surface area contributed by atoms with E-state index < -0.39 is 5.97 Å². The van der Waals surface area contributed by atoms with Crippen molar-refractivity contribution in [2.24, 2.45) is 5.73 Å². The van der Waals surface area contributed by atoms with Crippen LogP contribution in [0.15, 0.2) is 42.1 Å². The van der Waals surface area contributed by atoms with E-state index in [-0.39, 0.29) is 11.5 Å². The minimum absolute atomic E-state index is 0.159. The molecule has 1 aliphatic rings. The average molecular weight is 259 g/mol. The van der Waals surface area contributed by atoms with Gasteiger partial charge in [-0.2, -0.15) is 0 Å². The van der Waals surface area contributed by atoms with Gasteiger partial charge in [0.25, 0.3) is 0 Å². The second kappa shape index (κ2) is 5.21. The zero-order valence-electron chi connectivity index (χ0n) is 10.2. The summed E-state index contributed by atoms with van der Waals surface area (Å²) in [7, 11) is 1.29. The number of aromatic nitrogens is 1. The van der Waals surface area contributed by atoms with Crippen molar-refractivity contribution in [2.45, 2.75) is 0 Å². The monoisotopic (exact) mass is 259 g/mol. The predicted molar refractivity (Wildman–Crippen MR) is 69.4 cm³/mol. The van der Waals surface area contributed by atoms with Crippen LogP contribution in [0, 0.1) is 5.41 Å². The third-order valence-electron chi connectivity index (χ3n) is 2.47. The van der Waals surface area contributed by atoms with Gasteiger partial charge in [-0.1, -0.05) is 6.07 Å². The Labute approximate surface area is 109 Å². The largest absolute Gasteiger partial charge is 0.464 e. The number of rotatable bonds is 3. The third-order valence-corrected chi connectivity index (χ3v) is 2.47. The zero-order chi connectivity index (χ0) is 13.8. The Balaban J connectivity index is 2.35. The van der Waals surface area contributed by atoms with Crippen LogP contribution in [0.1, 0.15) is 5.69 Å². The summed E-state index contributed by atoms with van der Waals surface area (Å²) < 4.78 is 4.60. The first kappa shape index (κ1) is 12.6. The highest BCUT2D eigenvalue weighted by molar-refractivity contribution is 6.20. The Morgan fingerprint density at radius 2 is 2.26 bits per heavy atom. The van der Waals surface area contributed by atoms with Gasteiger partial charge in [0.2, 0.25) is 0 Å². The van der Waals surface area contributed by atoms with Gasteiger partial charge in [0.05, 0.1) is 18.4 Å². The summed E-state index contributed by atoms with van der Waals surface area (Å²) >= 11 is 0. The molecule has 0 amide bonds. The molecule has 1 aromatic rings. The standard InChI is InChI=1S/C12H13N5O2/c1-19-12(18)8-6-16-11(17-8)9(10(13)14)7-4-2-3-5-15-7/h2-6,16-17H,1H3,(H3,13,14)/b11-9+. The molecule has 0 aliphatic carbocycles. The molecule has 0 atom stereocenters. The van der Waals surface area contributed by atoms with Gasteiger partial charge in [0, 0.05) is 12.4 Å². The lowest BCUT2D eigenvalue weighted by Gasteiger charge is -2.10. The minimum Gasteiger partial charge on any atom is -0.464 e. The molecular weight excluding hydrogens is 246 g/mol. The van der Waals surface area contributed by atoms with Gasteiger partial charge in [0.15, 0.2) is 0 Å². The van der Waals surface area contributed by atoms with Gasteiger partial charge in [-0.25, -0.2) is 4.79 Å². The lowest BCUT2D eigenvalue weighted by molar-refractivity contribution is -0.136. The van der Waals surface area contributed by atoms with Crippen molar-refractivity contribution in [3.8, 4) is 0 Å². The fourth-order valence-electron chi connectivity index (χ4n) is 1.62. The molecule has 0 unspecified atom stereocenters. The highest BCUT2D eigenvalue weighted by Crippen LogP contribution is 2.17. The molecule has 0 fully saturated rings. The molecule has 7 nitrogen and oxygen atoms in total. The minimum atomic E-state index is -0.508. The number of methoxy groups -OCH3 is 1. The summed E-state index contributed by atoms with van der Waals surface area (Å²) in [6.07, 6.45) is 3.05. The van der Waals surface area contributed by atoms with Crippen molar-refractivity contribution in [1.29, 1.82) is 5.41 Å². The molecule has 0 spiro atoms. The molecule has 98 valence electrons. The zero-order valence-corrected chi connectivity index (χ0v) is 10.2. The Bertz CT molecular complexity index is 577. The first-order chi connectivity index (χ1) is 9.13. The number of nitrogens with zero attached hydrogens (tertiary/aromatic N) is 1. The number of ether oxygens (including phenoxy) is 1. The molecule has 1 aliphatic heterocycles. The molecule has 0 aromatic carbocycles. The van der Waals surface area contributed by atoms with Crippen molar-refractivity contribution in [2.75, 3.05) is 7.11 Å². The van der Waals surface area contributed by atoms with Crippen LogP contribution in [0.4, 0.5) is 0 Å². The summed E-state index contributed by atoms with van der Waals surface area (Å²) in [5.74, 6) is -0.244. The Hall–Kier alpha value is -2.83. The molecule has 2 heterocycles. The van der Waals surface area contributed by atoms with Gasteiger partial charge < -0.3 is 21.1 Å². The number of carbonyl (C=O) groups is 1. The van der Waals surface area contributed by atoms with Gasteiger partial charge in [-0.05, 0) is 12.1 Å². The highest BCUT2D eigenvalue weighted by Gasteiger charge is 2.22. The summed E-state index contributed by atoms with van der Waals surface area (Å²) in [4.78, 5) is 15.5. The van der Waals surface area contributed by atoms with E-state index in [0.29, 0.717) is 17.1 Å². The van der Waals surface area contributed by atoms with Crippen molar-refractivity contribution in [3.63, 3.8) is 0 Å². The average Bonchev–Trinajstić information content (AvgIpc) is 2.88. The fraction of sp³-hybridized carbons (Fsp3) is 0.0833. The van der Waals surface area contributed by atoms with Crippen LogP contribution >= 0.6 is 0 Å². The smallest absolute Gasteiger partial charge is 0.356 e. The quantitative estimate of drug-likeness (QED) is 0.342. The van der Waals surface area contributed by atoms with Gasteiger partial charge in [-0.3, -0.25) is 10.4 Å². The Kier molecular flexibility index (Phi) is 3.46. The fourth-order valence-corrected chi connectivity index (χ4v) is 1.62. The maximum Gasteiger partial charge on any atom is 0.356 e. The molecular formula is C12H13N5O2. The number of hydrogen-bond donors (Lipinski definition) is 4. The maximum absolute atomic E-state index is 11.4. The van der Waals surface area contributed by atoms with Crippen molar-refractivity contribution in [3.05, 3.63) is 47.8 Å². The summed E-state index contributed by atoms with van der Waals surface area (Å²) in [6, 6.07) is 5.28. The van der Waals surface area contributed by atoms with Crippen molar-refractivity contribution < 1.29 is 9.53 Å². The molecule has 2 rings (SSSR count). The van der Waals surface area contributed by atoms with E-state index in [1.54, 1.807) is 24.4 Å². The third kappa shape index (κ3) is 2.54. The van der Waals surface area contributed by atoms with Crippen molar-refractivity contribution >= 4 is 17.4 Å². The maximum atomic E-state index is 11.4. The van der Waals surface area contributed by atoms with E-state index >= 15 is 0 Å². The Morgan fingerprint density at radius 3 is 2.84 bits per heavy atom. The van der Waals surface area contributed by atoms with Crippen molar-refractivity contribution in [1.82, 2.24) is 15.6 Å². The highest BCUT2D eigenvalue weighted by atomic mass is 16.5. The van der Waals surface area contributed by atoms with Crippen LogP contribution < -0.4 is 16.4 Å². The van der Waals surface area contributed by atoms with Crippen LogP contribution in [0.3, 0.4) is 0 Å². The second-order valence-corrected chi connectivity index (χ2v) is 3.70. The van der Waals surface area contributed by atoms with E-state index in [2.05, 4.69) is 20.4 Å². The topological polar surface area (TPSA) is 113 Å². The lowest BCUT2D eigenvalue weighted by atomic mass is 10.1. The number of nitrogens with one attached hydrogen (secondary N) is 3. The van der Waals surface area contributed by atoms with E-state index in [1.165, 1.54) is 13.3 Å². The molecule has 19 heavy (non-hydrogen) atoms. The van der Waals surface area contributed by atoms with Crippen LogP contribution in [0.2, 0.25) is 0 Å². The number of nitrogens with two attached hydrogens (primary N) is 1. The summed E-state index contributed by atoms with van der Waals surface area (Å²) in [6.45, 7) is 0. The lowest BCUT2D eigenvalue weighted by Crippen LogP contribution is -2.25. The second-order valence-electron chi connectivity index (χ2n) is 3.70. The van der Waals surface area contributed by atoms with E-state index in [4.69, 9.17) is 11.1 Å². The number of carbonyl (C=O) groups excluding carboxylic acids is 1. The summed E-state index contributed by atoms with van der Waals surface area (Å²) in [5, 5.41) is 13.3. The summed E-state index contributed by atoms with van der Waals surface area (Å²) in [5.41, 5.74) is 6.73. The van der Waals surface area contributed by atoms with Gasteiger partial charge in [-0.15, -0.1) is 0 Å². The van der Waals surface area contributed by atoms with Crippen LogP contribution in [-0.4, -0.2) is 23.9 Å². The van der Waals surface area contributed by atoms with Gasteiger partial charge in [0.1, 0.15) is 17.4 Å². The first-order valence-corrected chi connectivity index (χ1v) is 5.45. The molecule has 1 aromatic heterocycles. The molecule has 5 N–H and O–H groups in total. The molecule has 0 radical (unpaired) electrons. The van der Waals surface area contributed by atoms with E-state index in [9.17, 15) is 4.79 Å².